The fourth-order valence-electron chi connectivity index (χ4n) is 4.40. The summed E-state index contributed by atoms with van der Waals surface area (Å²) in [5.74, 6) is 0.799. The van der Waals surface area contributed by atoms with Gasteiger partial charge in [0.25, 0.3) is 0 Å². The van der Waals surface area contributed by atoms with E-state index in [0.717, 1.165) is 19.3 Å². The van der Waals surface area contributed by atoms with Gasteiger partial charge in [-0.25, -0.2) is 0 Å². The van der Waals surface area contributed by atoms with Gasteiger partial charge >= 0.3 is 11.9 Å². The molecule has 0 aromatic rings. The van der Waals surface area contributed by atoms with Crippen molar-refractivity contribution < 1.29 is 24.5 Å². The second-order valence-corrected chi connectivity index (χ2v) is 8.55. The van der Waals surface area contributed by atoms with Crippen molar-refractivity contribution in [1.82, 2.24) is 0 Å². The van der Waals surface area contributed by atoms with Crippen LogP contribution in [0.1, 0.15) is 72.1 Å². The van der Waals surface area contributed by atoms with Crippen LogP contribution in [0.4, 0.5) is 0 Å². The van der Waals surface area contributed by atoms with Crippen molar-refractivity contribution in [3.63, 3.8) is 0 Å². The summed E-state index contributed by atoms with van der Waals surface area (Å²) >= 11 is 0. The molecule has 0 saturated carbocycles. The Hall–Kier alpha value is -1.62. The summed E-state index contributed by atoms with van der Waals surface area (Å²) in [4.78, 5) is 21.4. The maximum absolute atomic E-state index is 11.4. The van der Waals surface area contributed by atoms with Crippen molar-refractivity contribution in [1.29, 1.82) is 0 Å². The second kappa shape index (κ2) is 10.8. The second-order valence-electron chi connectivity index (χ2n) is 8.55. The number of carboxylic acid groups (broad SMARTS) is 1. The standard InChI is InChI=1S/C18H26O3.C5H10O2/c1-12-6-7-13-4-2-3-5-17(13)16(12)9-8-15-10-14(19)11-18(20)21-15;1-3-4(2)5(6)7/h4,6-7,12,14-17,19H,2-3,5,8-11H2,1H3;4H,3H2,1-2H3,(H,6,7)/t12?,14?,15-,16?,17+;/m1./s1. The molecule has 158 valence electrons. The molecule has 0 aromatic heterocycles. The quantitative estimate of drug-likeness (QED) is 0.673. The number of ether oxygens (including phenoxy) is 1. The average Bonchev–Trinajstić information content (AvgIpc) is 2.66. The minimum atomic E-state index is -0.706. The molecule has 6 atom stereocenters. The van der Waals surface area contributed by atoms with Crippen molar-refractivity contribution in [3.8, 4) is 0 Å². The first-order chi connectivity index (χ1) is 13.3. The molecule has 1 fully saturated rings. The van der Waals surface area contributed by atoms with Crippen LogP contribution >= 0.6 is 0 Å². The molecule has 0 aromatic carbocycles. The zero-order valence-corrected chi connectivity index (χ0v) is 17.5. The third kappa shape index (κ3) is 6.47. The zero-order valence-electron chi connectivity index (χ0n) is 17.5. The number of hydrogen-bond acceptors (Lipinski definition) is 4. The number of aliphatic hydroxyl groups is 1. The molecule has 28 heavy (non-hydrogen) atoms. The molecule has 0 bridgehead atoms. The first-order valence-corrected chi connectivity index (χ1v) is 10.8. The smallest absolute Gasteiger partial charge is 0.308 e. The van der Waals surface area contributed by atoms with Crippen LogP contribution in [0.2, 0.25) is 0 Å². The van der Waals surface area contributed by atoms with E-state index in [1.807, 2.05) is 6.92 Å². The van der Waals surface area contributed by atoms with Gasteiger partial charge < -0.3 is 14.9 Å². The number of carbonyl (C=O) groups excluding carboxylic acids is 1. The van der Waals surface area contributed by atoms with Gasteiger partial charge in [0.05, 0.1) is 18.4 Å². The highest BCUT2D eigenvalue weighted by Gasteiger charge is 2.34. The summed E-state index contributed by atoms with van der Waals surface area (Å²) in [7, 11) is 0. The normalized spacial score (nSPS) is 32.9. The molecule has 1 saturated heterocycles. The third-order valence-electron chi connectivity index (χ3n) is 6.40. The molecule has 0 spiro atoms. The lowest BCUT2D eigenvalue weighted by Crippen LogP contribution is -2.34. The van der Waals surface area contributed by atoms with Crippen molar-refractivity contribution in [2.75, 3.05) is 0 Å². The molecule has 5 heteroatoms. The van der Waals surface area contributed by atoms with E-state index in [1.165, 1.54) is 24.8 Å². The summed E-state index contributed by atoms with van der Waals surface area (Å²) in [5, 5.41) is 17.9. The molecule has 0 amide bonds. The zero-order chi connectivity index (χ0) is 20.7. The van der Waals surface area contributed by atoms with Gasteiger partial charge in [0, 0.05) is 6.42 Å². The lowest BCUT2D eigenvalue weighted by molar-refractivity contribution is -0.160. The Bertz CT molecular complexity index is 594. The number of aliphatic hydroxyl groups excluding tert-OH is 1. The van der Waals surface area contributed by atoms with Gasteiger partial charge in [-0.05, 0) is 61.9 Å². The maximum atomic E-state index is 11.4. The fraction of sp³-hybridized carbons (Fsp3) is 0.739. The number of cyclic esters (lactones) is 1. The Labute approximate surface area is 168 Å². The molecule has 0 radical (unpaired) electrons. The number of aliphatic carboxylic acids is 1. The summed E-state index contributed by atoms with van der Waals surface area (Å²) < 4.78 is 5.39. The Kier molecular flexibility index (Phi) is 8.74. The van der Waals surface area contributed by atoms with E-state index in [4.69, 9.17) is 9.84 Å². The first kappa shape index (κ1) is 22.7. The van der Waals surface area contributed by atoms with Crippen LogP contribution in [0.15, 0.2) is 23.8 Å². The largest absolute Gasteiger partial charge is 0.481 e. The number of carboxylic acids is 1. The maximum Gasteiger partial charge on any atom is 0.308 e. The van der Waals surface area contributed by atoms with E-state index in [9.17, 15) is 14.7 Å². The van der Waals surface area contributed by atoms with Crippen LogP contribution in [0.3, 0.4) is 0 Å². The fourth-order valence-corrected chi connectivity index (χ4v) is 4.40. The highest BCUT2D eigenvalue weighted by molar-refractivity contribution is 5.71. The number of allylic oxidation sites excluding steroid dienone is 4. The Morgan fingerprint density at radius 2 is 2.11 bits per heavy atom. The summed E-state index contributed by atoms with van der Waals surface area (Å²) in [6.45, 7) is 5.86. The summed E-state index contributed by atoms with van der Waals surface area (Å²) in [6.07, 6.45) is 13.7. The molecule has 3 aliphatic rings. The van der Waals surface area contributed by atoms with Crippen LogP contribution in [-0.2, 0) is 14.3 Å². The van der Waals surface area contributed by atoms with Gasteiger partial charge in [0.1, 0.15) is 6.10 Å². The molecule has 1 heterocycles. The monoisotopic (exact) mass is 392 g/mol. The van der Waals surface area contributed by atoms with E-state index in [1.54, 1.807) is 6.92 Å². The number of fused-ring (bicyclic) bond motifs is 1. The van der Waals surface area contributed by atoms with Crippen molar-refractivity contribution in [2.45, 2.75) is 84.3 Å². The Morgan fingerprint density at radius 1 is 1.36 bits per heavy atom. The minimum absolute atomic E-state index is 0.0876. The van der Waals surface area contributed by atoms with E-state index < -0.39 is 12.1 Å². The third-order valence-corrected chi connectivity index (χ3v) is 6.40. The van der Waals surface area contributed by atoms with Crippen LogP contribution in [-0.4, -0.2) is 34.4 Å². The topological polar surface area (TPSA) is 83.8 Å². The van der Waals surface area contributed by atoms with Gasteiger partial charge in [-0.2, -0.15) is 0 Å². The molecular weight excluding hydrogens is 356 g/mol. The predicted molar refractivity (Wildman–Crippen MR) is 109 cm³/mol. The molecular formula is C23H36O5. The predicted octanol–water partition coefficient (Wildman–Crippen LogP) is 4.50. The Morgan fingerprint density at radius 3 is 2.71 bits per heavy atom. The molecule has 4 unspecified atom stereocenters. The summed E-state index contributed by atoms with van der Waals surface area (Å²) in [6, 6.07) is 0. The number of carbonyl (C=O) groups is 2. The SMILES string of the molecule is CC1C=CC2=CCCC[C@@H]2C1CC[C@@H]1CC(O)CC(=O)O1.CCC(C)C(=O)O. The van der Waals surface area contributed by atoms with Gasteiger partial charge in [-0.1, -0.05) is 39.0 Å². The van der Waals surface area contributed by atoms with Gasteiger partial charge in [-0.3, -0.25) is 9.59 Å². The van der Waals surface area contributed by atoms with Crippen LogP contribution < -0.4 is 0 Å². The minimum Gasteiger partial charge on any atom is -0.481 e. The number of rotatable bonds is 5. The average molecular weight is 393 g/mol. The number of hydrogen-bond donors (Lipinski definition) is 2. The summed E-state index contributed by atoms with van der Waals surface area (Å²) in [5.41, 5.74) is 1.52. The van der Waals surface area contributed by atoms with Crippen LogP contribution in [0.5, 0.6) is 0 Å². The molecule has 2 N–H and O–H groups in total. The van der Waals surface area contributed by atoms with Crippen molar-refractivity contribution in [2.24, 2.45) is 23.7 Å². The molecule has 5 nitrogen and oxygen atoms in total. The van der Waals surface area contributed by atoms with Crippen molar-refractivity contribution >= 4 is 11.9 Å². The van der Waals surface area contributed by atoms with Gasteiger partial charge in [0.15, 0.2) is 0 Å². The van der Waals surface area contributed by atoms with Crippen LogP contribution in [0.25, 0.3) is 0 Å². The highest BCUT2D eigenvalue weighted by atomic mass is 16.5. The van der Waals surface area contributed by atoms with Crippen molar-refractivity contribution in [3.05, 3.63) is 23.8 Å². The van der Waals surface area contributed by atoms with Gasteiger partial charge in [0.2, 0.25) is 0 Å². The lowest BCUT2D eigenvalue weighted by atomic mass is 9.68. The lowest BCUT2D eigenvalue weighted by Gasteiger charge is -2.38. The first-order valence-electron chi connectivity index (χ1n) is 10.8. The van der Waals surface area contributed by atoms with E-state index in [2.05, 4.69) is 25.2 Å². The molecule has 2 aliphatic carbocycles. The Balaban J connectivity index is 0.000000345. The van der Waals surface area contributed by atoms with Crippen LogP contribution in [0, 0.1) is 23.7 Å². The van der Waals surface area contributed by atoms with Gasteiger partial charge in [-0.15, -0.1) is 0 Å². The number of esters is 1. The molecule has 1 aliphatic heterocycles. The van der Waals surface area contributed by atoms with E-state index in [-0.39, 0.29) is 24.4 Å². The molecule has 3 rings (SSSR count). The highest BCUT2D eigenvalue weighted by Crippen LogP contribution is 2.42. The van der Waals surface area contributed by atoms with E-state index >= 15 is 0 Å². The van der Waals surface area contributed by atoms with E-state index in [0.29, 0.717) is 24.2 Å².